The first-order valence-electron chi connectivity index (χ1n) is 6.01. The molecule has 92 valence electrons. The molecule has 0 aliphatic carbocycles. The van der Waals surface area contributed by atoms with Crippen LogP contribution in [-0.4, -0.2) is 18.2 Å². The zero-order valence-corrected chi connectivity index (χ0v) is 10.6. The highest BCUT2D eigenvalue weighted by atomic mass is 16.1. The maximum Gasteiger partial charge on any atom is 0.252 e. The summed E-state index contributed by atoms with van der Waals surface area (Å²) in [5, 5.41) is 2.86. The topological polar surface area (TPSA) is 46.2 Å². The van der Waals surface area contributed by atoms with E-state index in [0.29, 0.717) is 11.1 Å². The van der Waals surface area contributed by atoms with Gasteiger partial charge in [-0.2, -0.15) is 0 Å². The summed E-state index contributed by atoms with van der Waals surface area (Å²) in [4.78, 5) is 22.9. The Morgan fingerprint density at radius 3 is 2.65 bits per heavy atom. The van der Waals surface area contributed by atoms with E-state index in [4.69, 9.17) is 0 Å². The molecule has 0 aliphatic heterocycles. The van der Waals surface area contributed by atoms with Crippen molar-refractivity contribution in [3.8, 4) is 0 Å². The number of hydrogen-bond acceptors (Lipinski definition) is 2. The van der Waals surface area contributed by atoms with Crippen molar-refractivity contribution in [1.29, 1.82) is 0 Å². The number of benzene rings is 1. The summed E-state index contributed by atoms with van der Waals surface area (Å²) in [5.41, 5.74) is 1.98. The predicted octanol–water partition coefficient (Wildman–Crippen LogP) is 2.59. The number of carbonyl (C=O) groups is 2. The Morgan fingerprint density at radius 2 is 2.12 bits per heavy atom. The van der Waals surface area contributed by atoms with Crippen LogP contribution in [0.25, 0.3) is 0 Å². The van der Waals surface area contributed by atoms with Crippen LogP contribution in [0, 0.1) is 0 Å². The van der Waals surface area contributed by atoms with Crippen molar-refractivity contribution in [2.24, 2.45) is 0 Å². The van der Waals surface area contributed by atoms with Crippen LogP contribution in [0.3, 0.4) is 0 Å². The number of hydrogen-bond donors (Lipinski definition) is 1. The lowest BCUT2D eigenvalue weighted by atomic mass is 10.0. The van der Waals surface area contributed by atoms with Crippen molar-refractivity contribution < 1.29 is 9.59 Å². The van der Waals surface area contributed by atoms with Crippen LogP contribution in [0.2, 0.25) is 0 Å². The van der Waals surface area contributed by atoms with Crippen molar-refractivity contribution in [3.63, 3.8) is 0 Å². The molecule has 0 radical (unpaired) electrons. The maximum absolute atomic E-state index is 11.9. The van der Waals surface area contributed by atoms with Crippen molar-refractivity contribution in [1.82, 2.24) is 5.32 Å². The van der Waals surface area contributed by atoms with E-state index in [1.54, 1.807) is 12.1 Å². The van der Waals surface area contributed by atoms with Gasteiger partial charge in [-0.05, 0) is 37.5 Å². The molecule has 0 saturated heterocycles. The van der Waals surface area contributed by atoms with Crippen LogP contribution in [0.4, 0.5) is 0 Å². The molecule has 0 aliphatic rings. The Hall–Kier alpha value is -1.64. The van der Waals surface area contributed by atoms with Gasteiger partial charge in [-0.15, -0.1) is 0 Å². The second kappa shape index (κ2) is 6.18. The first-order valence-corrected chi connectivity index (χ1v) is 6.01. The fraction of sp³-hybridized carbons (Fsp3) is 0.429. The minimum Gasteiger partial charge on any atom is -0.350 e. The van der Waals surface area contributed by atoms with E-state index in [0.717, 1.165) is 24.7 Å². The molecule has 1 rings (SSSR count). The minimum absolute atomic E-state index is 0.118. The molecule has 1 amide bonds. The second-order valence-corrected chi connectivity index (χ2v) is 4.18. The quantitative estimate of drug-likeness (QED) is 0.794. The highest BCUT2D eigenvalue weighted by Crippen LogP contribution is 2.11. The van der Waals surface area contributed by atoms with Crippen molar-refractivity contribution in [3.05, 3.63) is 34.9 Å². The minimum atomic E-state index is -0.177. The molecule has 0 fully saturated rings. The molecule has 0 aromatic heterocycles. The number of rotatable bonds is 5. The summed E-state index contributed by atoms with van der Waals surface area (Å²) in [6.45, 7) is 5.97. The highest BCUT2D eigenvalue weighted by Gasteiger charge is 2.12. The maximum atomic E-state index is 11.9. The fourth-order valence-electron chi connectivity index (χ4n) is 1.54. The summed E-state index contributed by atoms with van der Waals surface area (Å²) in [7, 11) is 0. The van der Waals surface area contributed by atoms with E-state index in [1.807, 2.05) is 26.8 Å². The van der Waals surface area contributed by atoms with Gasteiger partial charge in [0.05, 0.1) is 0 Å². The number of carbonyl (C=O) groups excluding carboxylic acids is 2. The van der Waals surface area contributed by atoms with Gasteiger partial charge in [0.1, 0.15) is 0 Å². The van der Waals surface area contributed by atoms with Gasteiger partial charge in [-0.3, -0.25) is 9.59 Å². The Bertz CT molecular complexity index is 413. The lowest BCUT2D eigenvalue weighted by molar-refractivity contribution is 0.0934. The molecule has 0 heterocycles. The predicted molar refractivity (Wildman–Crippen MR) is 68.4 cm³/mol. The average molecular weight is 233 g/mol. The molecule has 1 aromatic carbocycles. The molecule has 1 unspecified atom stereocenters. The van der Waals surface area contributed by atoms with E-state index < -0.39 is 0 Å². The van der Waals surface area contributed by atoms with Crippen LogP contribution in [0.1, 0.15) is 53.5 Å². The molecular formula is C14H19NO2. The van der Waals surface area contributed by atoms with E-state index in [-0.39, 0.29) is 11.9 Å². The average Bonchev–Trinajstić information content (AvgIpc) is 2.37. The number of aldehydes is 1. The second-order valence-electron chi connectivity index (χ2n) is 4.18. The lowest BCUT2D eigenvalue weighted by Gasteiger charge is -2.12. The molecule has 1 atom stereocenters. The third-order valence-electron chi connectivity index (χ3n) is 2.89. The third-order valence-corrected chi connectivity index (χ3v) is 2.89. The first-order chi connectivity index (χ1) is 8.12. The van der Waals surface area contributed by atoms with Gasteiger partial charge in [0, 0.05) is 17.2 Å². The standard InChI is InChI=1S/C14H19NO2/c1-4-10(3)15-14(17)13-7-6-11(5-2)8-12(13)9-16/h6-10H,4-5H2,1-3H3,(H,15,17). The first kappa shape index (κ1) is 13.4. The Balaban J connectivity index is 2.97. The normalized spacial score (nSPS) is 11.9. The monoisotopic (exact) mass is 233 g/mol. The summed E-state index contributed by atoms with van der Waals surface area (Å²) < 4.78 is 0. The van der Waals surface area contributed by atoms with E-state index in [2.05, 4.69) is 5.32 Å². The van der Waals surface area contributed by atoms with Gasteiger partial charge in [-0.1, -0.05) is 19.9 Å². The van der Waals surface area contributed by atoms with Gasteiger partial charge in [0.25, 0.3) is 5.91 Å². The fourth-order valence-corrected chi connectivity index (χ4v) is 1.54. The van der Waals surface area contributed by atoms with Crippen molar-refractivity contribution in [2.45, 2.75) is 39.7 Å². The smallest absolute Gasteiger partial charge is 0.252 e. The molecule has 3 heteroatoms. The molecule has 1 aromatic rings. The lowest BCUT2D eigenvalue weighted by Crippen LogP contribution is -2.32. The van der Waals surface area contributed by atoms with Crippen molar-refractivity contribution >= 4 is 12.2 Å². The van der Waals surface area contributed by atoms with Crippen molar-refractivity contribution in [2.75, 3.05) is 0 Å². The highest BCUT2D eigenvalue weighted by molar-refractivity contribution is 6.01. The zero-order chi connectivity index (χ0) is 12.8. The molecule has 3 nitrogen and oxygen atoms in total. The van der Waals surface area contributed by atoms with Crippen LogP contribution in [0.5, 0.6) is 0 Å². The summed E-state index contributed by atoms with van der Waals surface area (Å²) >= 11 is 0. The van der Waals surface area contributed by atoms with Crippen LogP contribution in [0.15, 0.2) is 18.2 Å². The van der Waals surface area contributed by atoms with Gasteiger partial charge in [0.15, 0.2) is 6.29 Å². The largest absolute Gasteiger partial charge is 0.350 e. The third kappa shape index (κ3) is 3.41. The molecule has 17 heavy (non-hydrogen) atoms. The number of aryl methyl sites for hydroxylation is 1. The zero-order valence-electron chi connectivity index (χ0n) is 10.6. The molecule has 0 spiro atoms. The Morgan fingerprint density at radius 1 is 1.41 bits per heavy atom. The van der Waals surface area contributed by atoms with E-state index in [1.165, 1.54) is 0 Å². The van der Waals surface area contributed by atoms with E-state index >= 15 is 0 Å². The summed E-state index contributed by atoms with van der Waals surface area (Å²) in [6.07, 6.45) is 2.47. The van der Waals surface area contributed by atoms with Gasteiger partial charge in [0.2, 0.25) is 0 Å². The number of amides is 1. The van der Waals surface area contributed by atoms with Crippen LogP contribution >= 0.6 is 0 Å². The van der Waals surface area contributed by atoms with Gasteiger partial charge >= 0.3 is 0 Å². The summed E-state index contributed by atoms with van der Waals surface area (Å²) in [6, 6.07) is 5.50. The molecule has 0 saturated carbocycles. The van der Waals surface area contributed by atoms with Gasteiger partial charge in [-0.25, -0.2) is 0 Å². The summed E-state index contributed by atoms with van der Waals surface area (Å²) in [5.74, 6) is -0.177. The Labute approximate surface area is 102 Å². The van der Waals surface area contributed by atoms with Gasteiger partial charge < -0.3 is 5.32 Å². The van der Waals surface area contributed by atoms with Crippen LogP contribution in [-0.2, 0) is 6.42 Å². The molecule has 1 N–H and O–H groups in total. The Kier molecular flexibility index (Phi) is 4.88. The SMILES string of the molecule is CCc1ccc(C(=O)NC(C)CC)c(C=O)c1. The van der Waals surface area contributed by atoms with E-state index in [9.17, 15) is 9.59 Å². The van der Waals surface area contributed by atoms with Crippen LogP contribution < -0.4 is 5.32 Å². The number of nitrogens with one attached hydrogen (secondary N) is 1. The molecule has 0 bridgehead atoms. The molecular weight excluding hydrogens is 214 g/mol.